The van der Waals surface area contributed by atoms with Crippen molar-refractivity contribution in [1.82, 2.24) is 4.98 Å². The largest absolute Gasteiger partial charge is 0.515 e. The first kappa shape index (κ1) is 13.1. The maximum Gasteiger partial charge on any atom is 0.515 e. The molecule has 1 heterocycles. The van der Waals surface area contributed by atoms with Crippen LogP contribution in [0.5, 0.6) is 5.88 Å². The molecule has 3 aromatic rings. The molecule has 4 heteroatoms. The van der Waals surface area contributed by atoms with Crippen LogP contribution in [0.3, 0.4) is 0 Å². The predicted molar refractivity (Wildman–Crippen MR) is 79.0 cm³/mol. The predicted octanol–water partition coefficient (Wildman–Crippen LogP) is 3.95. The molecule has 0 aliphatic rings. The SMILES string of the molecule is O=C(OCc1ccccc1)Oc1ccc2ccccc2n1. The second-order valence-corrected chi connectivity index (χ2v) is 4.47. The van der Waals surface area contributed by atoms with Crippen molar-refractivity contribution in [2.75, 3.05) is 0 Å². The van der Waals surface area contributed by atoms with Crippen LogP contribution in [0.15, 0.2) is 66.7 Å². The third kappa shape index (κ3) is 3.36. The Morgan fingerprint density at radius 3 is 2.52 bits per heavy atom. The third-order valence-corrected chi connectivity index (χ3v) is 2.96. The maximum absolute atomic E-state index is 11.6. The number of fused-ring (bicyclic) bond motifs is 1. The fraction of sp³-hybridized carbons (Fsp3) is 0.0588. The Hall–Kier alpha value is -2.88. The van der Waals surface area contributed by atoms with E-state index < -0.39 is 6.16 Å². The zero-order chi connectivity index (χ0) is 14.5. The quantitative estimate of drug-likeness (QED) is 0.681. The van der Waals surface area contributed by atoms with E-state index in [-0.39, 0.29) is 12.5 Å². The van der Waals surface area contributed by atoms with Gasteiger partial charge in [-0.2, -0.15) is 0 Å². The lowest BCUT2D eigenvalue weighted by atomic mass is 10.2. The van der Waals surface area contributed by atoms with Crippen LogP contribution in [-0.2, 0) is 11.3 Å². The first-order valence-corrected chi connectivity index (χ1v) is 6.55. The minimum absolute atomic E-state index is 0.174. The first-order chi connectivity index (χ1) is 10.3. The van der Waals surface area contributed by atoms with E-state index in [0.29, 0.717) is 0 Å². The zero-order valence-electron chi connectivity index (χ0n) is 11.2. The second-order valence-electron chi connectivity index (χ2n) is 4.47. The lowest BCUT2D eigenvalue weighted by Gasteiger charge is -2.06. The average Bonchev–Trinajstić information content (AvgIpc) is 2.54. The summed E-state index contributed by atoms with van der Waals surface area (Å²) in [6.45, 7) is 0.174. The first-order valence-electron chi connectivity index (χ1n) is 6.55. The van der Waals surface area contributed by atoms with Gasteiger partial charge in [0.05, 0.1) is 5.52 Å². The minimum Gasteiger partial charge on any atom is -0.429 e. The Morgan fingerprint density at radius 2 is 1.67 bits per heavy atom. The fourth-order valence-corrected chi connectivity index (χ4v) is 1.94. The van der Waals surface area contributed by atoms with E-state index >= 15 is 0 Å². The van der Waals surface area contributed by atoms with Gasteiger partial charge >= 0.3 is 6.16 Å². The van der Waals surface area contributed by atoms with Gasteiger partial charge in [-0.05, 0) is 17.7 Å². The van der Waals surface area contributed by atoms with Crippen LogP contribution in [0.2, 0.25) is 0 Å². The van der Waals surface area contributed by atoms with Crippen molar-refractivity contribution in [3.8, 4) is 5.88 Å². The van der Waals surface area contributed by atoms with E-state index in [4.69, 9.17) is 9.47 Å². The topological polar surface area (TPSA) is 48.4 Å². The van der Waals surface area contributed by atoms with E-state index in [9.17, 15) is 4.79 Å². The smallest absolute Gasteiger partial charge is 0.429 e. The Bertz CT molecular complexity index is 756. The van der Waals surface area contributed by atoms with Gasteiger partial charge in [0.15, 0.2) is 0 Å². The molecule has 0 amide bonds. The number of pyridine rings is 1. The number of carbonyl (C=O) groups is 1. The number of benzene rings is 2. The molecule has 104 valence electrons. The van der Waals surface area contributed by atoms with Gasteiger partial charge in [-0.1, -0.05) is 48.5 Å². The van der Waals surface area contributed by atoms with Gasteiger partial charge in [0.2, 0.25) is 5.88 Å². The average molecular weight is 279 g/mol. The normalized spacial score (nSPS) is 10.3. The molecule has 0 bridgehead atoms. The monoisotopic (exact) mass is 279 g/mol. The molecule has 0 saturated heterocycles. The number of nitrogens with zero attached hydrogens (tertiary/aromatic N) is 1. The highest BCUT2D eigenvalue weighted by Gasteiger charge is 2.08. The molecule has 0 atom stereocenters. The summed E-state index contributed by atoms with van der Waals surface area (Å²) in [7, 11) is 0. The van der Waals surface area contributed by atoms with E-state index in [1.807, 2.05) is 60.7 Å². The summed E-state index contributed by atoms with van der Waals surface area (Å²) < 4.78 is 10.1. The van der Waals surface area contributed by atoms with Gasteiger partial charge < -0.3 is 9.47 Å². The number of para-hydroxylation sites is 1. The fourth-order valence-electron chi connectivity index (χ4n) is 1.94. The van der Waals surface area contributed by atoms with Crippen molar-refractivity contribution < 1.29 is 14.3 Å². The van der Waals surface area contributed by atoms with Crippen LogP contribution in [0.1, 0.15) is 5.56 Å². The number of aromatic nitrogens is 1. The summed E-state index contributed by atoms with van der Waals surface area (Å²) in [5.41, 5.74) is 1.67. The molecule has 0 aliphatic heterocycles. The van der Waals surface area contributed by atoms with Gasteiger partial charge in [-0.25, -0.2) is 9.78 Å². The van der Waals surface area contributed by atoms with E-state index in [1.165, 1.54) is 0 Å². The molecule has 0 N–H and O–H groups in total. The Balaban J connectivity index is 1.63. The molecule has 1 aromatic heterocycles. The van der Waals surface area contributed by atoms with Crippen molar-refractivity contribution in [2.24, 2.45) is 0 Å². The molecule has 0 radical (unpaired) electrons. The minimum atomic E-state index is -0.762. The number of ether oxygens (including phenoxy) is 2. The van der Waals surface area contributed by atoms with E-state index in [2.05, 4.69) is 4.98 Å². The lowest BCUT2D eigenvalue weighted by Crippen LogP contribution is -2.11. The van der Waals surface area contributed by atoms with Crippen LogP contribution >= 0.6 is 0 Å². The summed E-state index contributed by atoms with van der Waals surface area (Å²) in [6.07, 6.45) is -0.762. The number of hydrogen-bond donors (Lipinski definition) is 0. The molecule has 0 aliphatic carbocycles. The standard InChI is InChI=1S/C17H13NO3/c19-17(20-12-13-6-2-1-3-7-13)21-16-11-10-14-8-4-5-9-15(14)18-16/h1-11H,12H2. The molecule has 3 rings (SSSR count). The highest BCUT2D eigenvalue weighted by atomic mass is 16.7. The Morgan fingerprint density at radius 1 is 0.905 bits per heavy atom. The van der Waals surface area contributed by atoms with Crippen LogP contribution in [0, 0.1) is 0 Å². The molecule has 4 nitrogen and oxygen atoms in total. The van der Waals surface area contributed by atoms with Crippen LogP contribution < -0.4 is 4.74 Å². The Labute approximate surface area is 122 Å². The Kier molecular flexibility index (Phi) is 3.78. The summed E-state index contributed by atoms with van der Waals surface area (Å²) in [5, 5.41) is 0.988. The lowest BCUT2D eigenvalue weighted by molar-refractivity contribution is 0.0914. The number of rotatable bonds is 3. The van der Waals surface area contributed by atoms with E-state index in [1.54, 1.807) is 6.07 Å². The molecule has 0 unspecified atom stereocenters. The van der Waals surface area contributed by atoms with Crippen molar-refractivity contribution in [1.29, 1.82) is 0 Å². The second kappa shape index (κ2) is 6.05. The summed E-state index contributed by atoms with van der Waals surface area (Å²) in [6, 6.07) is 20.5. The summed E-state index contributed by atoms with van der Waals surface area (Å²) in [5.74, 6) is 0.228. The van der Waals surface area contributed by atoms with Gasteiger partial charge in [0.25, 0.3) is 0 Å². The van der Waals surface area contributed by atoms with Gasteiger partial charge in [-0.15, -0.1) is 0 Å². The van der Waals surface area contributed by atoms with E-state index in [0.717, 1.165) is 16.5 Å². The molecule has 0 fully saturated rings. The van der Waals surface area contributed by atoms with Crippen LogP contribution in [0.4, 0.5) is 4.79 Å². The maximum atomic E-state index is 11.6. The van der Waals surface area contributed by atoms with Crippen LogP contribution in [0.25, 0.3) is 10.9 Å². The van der Waals surface area contributed by atoms with Gasteiger partial charge in [-0.3, -0.25) is 0 Å². The van der Waals surface area contributed by atoms with Gasteiger partial charge in [0.1, 0.15) is 6.61 Å². The molecular weight excluding hydrogens is 266 g/mol. The van der Waals surface area contributed by atoms with Crippen LogP contribution in [-0.4, -0.2) is 11.1 Å². The molecule has 2 aromatic carbocycles. The molecule has 0 saturated carbocycles. The van der Waals surface area contributed by atoms with Crippen molar-refractivity contribution in [2.45, 2.75) is 6.61 Å². The summed E-state index contributed by atoms with van der Waals surface area (Å²) >= 11 is 0. The highest BCUT2D eigenvalue weighted by molar-refractivity contribution is 5.79. The summed E-state index contributed by atoms with van der Waals surface area (Å²) in [4.78, 5) is 15.9. The van der Waals surface area contributed by atoms with Crippen molar-refractivity contribution >= 4 is 17.1 Å². The zero-order valence-corrected chi connectivity index (χ0v) is 11.2. The molecule has 0 spiro atoms. The highest BCUT2D eigenvalue weighted by Crippen LogP contribution is 2.16. The van der Waals surface area contributed by atoms with Crippen molar-refractivity contribution in [3.05, 3.63) is 72.3 Å². The molecular formula is C17H13NO3. The van der Waals surface area contributed by atoms with Gasteiger partial charge in [0, 0.05) is 11.5 Å². The number of hydrogen-bond acceptors (Lipinski definition) is 4. The molecule has 21 heavy (non-hydrogen) atoms. The third-order valence-electron chi connectivity index (χ3n) is 2.96. The number of carbonyl (C=O) groups excluding carboxylic acids is 1. The van der Waals surface area contributed by atoms with Crippen molar-refractivity contribution in [3.63, 3.8) is 0 Å².